The minimum atomic E-state index is -0.173. The van der Waals surface area contributed by atoms with Gasteiger partial charge in [0.15, 0.2) is 0 Å². The van der Waals surface area contributed by atoms with Gasteiger partial charge < -0.3 is 5.32 Å². The molecule has 15 heavy (non-hydrogen) atoms. The van der Waals surface area contributed by atoms with E-state index in [9.17, 15) is 4.39 Å². The van der Waals surface area contributed by atoms with Gasteiger partial charge >= 0.3 is 0 Å². The van der Waals surface area contributed by atoms with Gasteiger partial charge in [0.25, 0.3) is 0 Å². The van der Waals surface area contributed by atoms with Crippen LogP contribution in [0, 0.1) is 5.82 Å². The second-order valence-corrected chi connectivity index (χ2v) is 3.71. The summed E-state index contributed by atoms with van der Waals surface area (Å²) in [5.74, 6) is -0.173. The summed E-state index contributed by atoms with van der Waals surface area (Å²) in [5.41, 5.74) is 1.16. The molecule has 0 amide bonds. The molecule has 1 aromatic carbocycles. The molecule has 1 aromatic rings. The van der Waals surface area contributed by atoms with Gasteiger partial charge in [-0.15, -0.1) is 0 Å². The second kappa shape index (κ2) is 6.36. The molecule has 0 bridgehead atoms. The molecular formula is C13H18FN. The third-order valence-corrected chi connectivity index (χ3v) is 2.28. The lowest BCUT2D eigenvalue weighted by Crippen LogP contribution is -2.28. The van der Waals surface area contributed by atoms with Crippen LogP contribution in [-0.4, -0.2) is 12.6 Å². The average molecular weight is 207 g/mol. The first-order valence-electron chi connectivity index (χ1n) is 5.31. The molecule has 0 fully saturated rings. The molecule has 0 aliphatic carbocycles. The second-order valence-electron chi connectivity index (χ2n) is 3.71. The molecule has 0 radical (unpaired) electrons. The van der Waals surface area contributed by atoms with Gasteiger partial charge in [-0.05, 0) is 38.0 Å². The van der Waals surface area contributed by atoms with Gasteiger partial charge in [0.2, 0.25) is 0 Å². The van der Waals surface area contributed by atoms with Crippen LogP contribution in [0.3, 0.4) is 0 Å². The van der Waals surface area contributed by atoms with Crippen LogP contribution in [0.5, 0.6) is 0 Å². The molecule has 0 heterocycles. The number of halogens is 1. The summed E-state index contributed by atoms with van der Waals surface area (Å²) in [6, 6.07) is 7.10. The highest BCUT2D eigenvalue weighted by atomic mass is 19.1. The van der Waals surface area contributed by atoms with Crippen molar-refractivity contribution in [2.75, 3.05) is 6.54 Å². The minimum absolute atomic E-state index is 0.173. The Hall–Kier alpha value is -1.15. The molecular weight excluding hydrogens is 189 g/mol. The maximum Gasteiger partial charge on any atom is 0.123 e. The molecule has 1 unspecified atom stereocenters. The highest BCUT2D eigenvalue weighted by Gasteiger charge is 2.01. The van der Waals surface area contributed by atoms with Gasteiger partial charge in [0.1, 0.15) is 5.82 Å². The summed E-state index contributed by atoms with van der Waals surface area (Å²) < 4.78 is 12.6. The van der Waals surface area contributed by atoms with Crippen LogP contribution in [0.4, 0.5) is 4.39 Å². The summed E-state index contributed by atoms with van der Waals surface area (Å²) in [5, 5.41) is 3.37. The fourth-order valence-corrected chi connectivity index (χ4v) is 1.43. The van der Waals surface area contributed by atoms with E-state index in [0.29, 0.717) is 6.04 Å². The van der Waals surface area contributed by atoms with Gasteiger partial charge in [-0.3, -0.25) is 0 Å². The van der Waals surface area contributed by atoms with E-state index in [0.717, 1.165) is 18.5 Å². The van der Waals surface area contributed by atoms with E-state index in [1.165, 1.54) is 12.1 Å². The van der Waals surface area contributed by atoms with Crippen molar-refractivity contribution in [2.24, 2.45) is 0 Å². The Balaban J connectivity index is 2.37. The van der Waals surface area contributed by atoms with Crippen LogP contribution in [0.2, 0.25) is 0 Å². The van der Waals surface area contributed by atoms with E-state index in [2.05, 4.69) is 18.3 Å². The predicted octanol–water partition coefficient (Wildman–Crippen LogP) is 2.92. The van der Waals surface area contributed by atoms with Crippen molar-refractivity contribution in [1.82, 2.24) is 5.32 Å². The van der Waals surface area contributed by atoms with Crippen LogP contribution >= 0.6 is 0 Å². The Bertz CT molecular complexity index is 303. The first-order chi connectivity index (χ1) is 7.22. The molecule has 82 valence electrons. The summed E-state index contributed by atoms with van der Waals surface area (Å²) in [6.07, 6.45) is 5.04. The molecule has 1 N–H and O–H groups in total. The quantitative estimate of drug-likeness (QED) is 0.732. The van der Waals surface area contributed by atoms with Gasteiger partial charge in [-0.1, -0.05) is 24.3 Å². The van der Waals surface area contributed by atoms with Crippen molar-refractivity contribution in [3.05, 3.63) is 47.8 Å². The number of allylic oxidation sites excluding steroid dienone is 1. The van der Waals surface area contributed by atoms with E-state index in [1.807, 2.05) is 25.1 Å². The van der Waals surface area contributed by atoms with Crippen LogP contribution in [-0.2, 0) is 6.42 Å². The number of hydrogen-bond donors (Lipinski definition) is 1. The zero-order chi connectivity index (χ0) is 11.1. The van der Waals surface area contributed by atoms with Gasteiger partial charge in [-0.25, -0.2) is 4.39 Å². The molecule has 1 rings (SSSR count). The van der Waals surface area contributed by atoms with Crippen LogP contribution < -0.4 is 5.32 Å². The molecule has 1 nitrogen and oxygen atoms in total. The fourth-order valence-electron chi connectivity index (χ4n) is 1.43. The number of rotatable bonds is 5. The third-order valence-electron chi connectivity index (χ3n) is 2.28. The zero-order valence-corrected chi connectivity index (χ0v) is 9.33. The maximum absolute atomic E-state index is 12.6. The lowest BCUT2D eigenvalue weighted by atomic mass is 10.1. The Kier molecular flexibility index (Phi) is 5.05. The minimum Gasteiger partial charge on any atom is -0.310 e. The molecule has 0 aromatic heterocycles. The first-order valence-corrected chi connectivity index (χ1v) is 5.31. The molecule has 2 heteroatoms. The normalized spacial score (nSPS) is 13.3. The highest BCUT2D eigenvalue weighted by Crippen LogP contribution is 2.05. The highest BCUT2D eigenvalue weighted by molar-refractivity contribution is 5.17. The topological polar surface area (TPSA) is 12.0 Å². The lowest BCUT2D eigenvalue weighted by molar-refractivity contribution is 0.578. The summed E-state index contributed by atoms with van der Waals surface area (Å²) >= 11 is 0. The van der Waals surface area contributed by atoms with Crippen molar-refractivity contribution in [1.29, 1.82) is 0 Å². The average Bonchev–Trinajstić information content (AvgIpc) is 2.22. The monoisotopic (exact) mass is 207 g/mol. The van der Waals surface area contributed by atoms with E-state index < -0.39 is 0 Å². The van der Waals surface area contributed by atoms with Crippen LogP contribution in [0.15, 0.2) is 36.4 Å². The van der Waals surface area contributed by atoms with Crippen molar-refractivity contribution < 1.29 is 4.39 Å². The molecule has 0 spiro atoms. The zero-order valence-electron chi connectivity index (χ0n) is 9.33. The maximum atomic E-state index is 12.6. The Morgan fingerprint density at radius 1 is 1.33 bits per heavy atom. The van der Waals surface area contributed by atoms with E-state index in [4.69, 9.17) is 0 Å². The Morgan fingerprint density at radius 3 is 2.60 bits per heavy atom. The molecule has 0 saturated heterocycles. The summed E-state index contributed by atoms with van der Waals surface area (Å²) in [6.45, 7) is 5.03. The Labute approximate surface area is 91.0 Å². The lowest BCUT2D eigenvalue weighted by Gasteiger charge is -2.12. The van der Waals surface area contributed by atoms with Gasteiger partial charge in [0, 0.05) is 12.6 Å². The predicted molar refractivity (Wildman–Crippen MR) is 62.4 cm³/mol. The number of nitrogens with one attached hydrogen (secondary N) is 1. The molecule has 0 aliphatic heterocycles. The van der Waals surface area contributed by atoms with Crippen molar-refractivity contribution in [3.8, 4) is 0 Å². The SMILES string of the molecule is C/C=C/CNC(C)Cc1ccc(F)cc1. The number of benzene rings is 1. The molecule has 0 aliphatic rings. The van der Waals surface area contributed by atoms with Crippen molar-refractivity contribution >= 4 is 0 Å². The largest absolute Gasteiger partial charge is 0.310 e. The third kappa shape index (κ3) is 4.75. The molecule has 0 saturated carbocycles. The van der Waals surface area contributed by atoms with E-state index in [-0.39, 0.29) is 5.82 Å². The van der Waals surface area contributed by atoms with Gasteiger partial charge in [0.05, 0.1) is 0 Å². The number of hydrogen-bond acceptors (Lipinski definition) is 1. The van der Waals surface area contributed by atoms with Crippen LogP contribution in [0.25, 0.3) is 0 Å². The standard InChI is InChI=1S/C13H18FN/c1-3-4-9-15-11(2)10-12-5-7-13(14)8-6-12/h3-8,11,15H,9-10H2,1-2H3/b4-3+. The Morgan fingerprint density at radius 2 is 2.00 bits per heavy atom. The van der Waals surface area contributed by atoms with Crippen molar-refractivity contribution in [2.45, 2.75) is 26.3 Å². The summed E-state index contributed by atoms with van der Waals surface area (Å²) in [4.78, 5) is 0. The van der Waals surface area contributed by atoms with Crippen LogP contribution in [0.1, 0.15) is 19.4 Å². The van der Waals surface area contributed by atoms with E-state index >= 15 is 0 Å². The first kappa shape index (κ1) is 11.9. The summed E-state index contributed by atoms with van der Waals surface area (Å²) in [7, 11) is 0. The smallest absolute Gasteiger partial charge is 0.123 e. The van der Waals surface area contributed by atoms with Gasteiger partial charge in [-0.2, -0.15) is 0 Å². The van der Waals surface area contributed by atoms with E-state index in [1.54, 1.807) is 0 Å². The van der Waals surface area contributed by atoms with Crippen molar-refractivity contribution in [3.63, 3.8) is 0 Å². The fraction of sp³-hybridized carbons (Fsp3) is 0.385. The molecule has 1 atom stereocenters.